The summed E-state index contributed by atoms with van der Waals surface area (Å²) in [5.74, 6) is 2.47. The van der Waals surface area contributed by atoms with E-state index in [2.05, 4.69) is 34.5 Å². The third kappa shape index (κ3) is 4.38. The van der Waals surface area contributed by atoms with Crippen LogP contribution in [-0.2, 0) is 12.8 Å². The number of aromatic nitrogens is 2. The summed E-state index contributed by atoms with van der Waals surface area (Å²) in [6.07, 6.45) is 5.53. The Labute approximate surface area is 109 Å². The Kier molecular flexibility index (Phi) is 5.13. The molecule has 0 radical (unpaired) electrons. The quantitative estimate of drug-likeness (QED) is 0.822. The van der Waals surface area contributed by atoms with Crippen molar-refractivity contribution in [2.75, 3.05) is 33.7 Å². The molecule has 2 heterocycles. The molecule has 1 aliphatic rings. The van der Waals surface area contributed by atoms with Gasteiger partial charge in [-0.2, -0.15) is 4.98 Å². The number of likely N-dealkylation sites (N-methyl/N-ethyl adjacent to an activating group) is 1. The summed E-state index contributed by atoms with van der Waals surface area (Å²) in [4.78, 5) is 6.58. The fourth-order valence-electron chi connectivity index (χ4n) is 2.31. The first-order chi connectivity index (χ1) is 8.74. The summed E-state index contributed by atoms with van der Waals surface area (Å²) < 4.78 is 5.29. The monoisotopic (exact) mass is 252 g/mol. The summed E-state index contributed by atoms with van der Waals surface area (Å²) in [7, 11) is 4.11. The van der Waals surface area contributed by atoms with Gasteiger partial charge in [0.1, 0.15) is 0 Å². The molecule has 1 aromatic heterocycles. The van der Waals surface area contributed by atoms with Gasteiger partial charge in [-0.15, -0.1) is 0 Å². The minimum absolute atomic E-state index is 0.808. The van der Waals surface area contributed by atoms with Gasteiger partial charge in [0, 0.05) is 19.4 Å². The summed E-state index contributed by atoms with van der Waals surface area (Å²) in [5, 5.41) is 7.42. The number of aryl methyl sites for hydroxylation is 1. The molecule has 5 nitrogen and oxygen atoms in total. The standard InChI is InChI=1S/C13H24N4O/c1-17(2)10-7-12-15-13(18-16-12)4-3-11-5-8-14-9-6-11/h11,14H,3-10H2,1-2H3. The van der Waals surface area contributed by atoms with Crippen molar-refractivity contribution in [3.63, 3.8) is 0 Å². The van der Waals surface area contributed by atoms with Crippen molar-refractivity contribution in [2.24, 2.45) is 5.92 Å². The molecule has 1 fully saturated rings. The van der Waals surface area contributed by atoms with Gasteiger partial charge in [-0.3, -0.25) is 0 Å². The van der Waals surface area contributed by atoms with Crippen LogP contribution < -0.4 is 5.32 Å². The maximum absolute atomic E-state index is 5.29. The van der Waals surface area contributed by atoms with Crippen LogP contribution in [0.4, 0.5) is 0 Å². The third-order valence-electron chi connectivity index (χ3n) is 3.52. The van der Waals surface area contributed by atoms with E-state index in [9.17, 15) is 0 Å². The molecule has 0 unspecified atom stereocenters. The SMILES string of the molecule is CN(C)CCc1noc(CCC2CCNCC2)n1. The molecule has 1 N–H and O–H groups in total. The molecule has 1 aliphatic heterocycles. The van der Waals surface area contributed by atoms with Crippen LogP contribution in [0.2, 0.25) is 0 Å². The molecule has 0 atom stereocenters. The number of nitrogens with zero attached hydrogens (tertiary/aromatic N) is 3. The first-order valence-electron chi connectivity index (χ1n) is 6.91. The highest BCUT2D eigenvalue weighted by molar-refractivity contribution is 4.88. The van der Waals surface area contributed by atoms with E-state index in [1.54, 1.807) is 0 Å². The van der Waals surface area contributed by atoms with Gasteiger partial charge >= 0.3 is 0 Å². The maximum Gasteiger partial charge on any atom is 0.226 e. The van der Waals surface area contributed by atoms with Crippen LogP contribution in [-0.4, -0.2) is 48.8 Å². The Hall–Kier alpha value is -0.940. The average Bonchev–Trinajstić information content (AvgIpc) is 2.83. The zero-order valence-corrected chi connectivity index (χ0v) is 11.5. The van der Waals surface area contributed by atoms with Crippen LogP contribution in [0.3, 0.4) is 0 Å². The molecule has 0 bridgehead atoms. The lowest BCUT2D eigenvalue weighted by molar-refractivity contribution is 0.322. The van der Waals surface area contributed by atoms with Gasteiger partial charge in [0.15, 0.2) is 5.82 Å². The molecule has 2 rings (SSSR count). The van der Waals surface area contributed by atoms with Crippen LogP contribution >= 0.6 is 0 Å². The molecule has 0 saturated carbocycles. The predicted octanol–water partition coefficient (Wildman–Crippen LogP) is 1.11. The molecule has 5 heteroatoms. The summed E-state index contributed by atoms with van der Waals surface area (Å²) >= 11 is 0. The molecule has 18 heavy (non-hydrogen) atoms. The van der Waals surface area contributed by atoms with Crippen molar-refractivity contribution in [1.29, 1.82) is 0 Å². The van der Waals surface area contributed by atoms with E-state index in [0.717, 1.165) is 50.1 Å². The minimum Gasteiger partial charge on any atom is -0.339 e. The van der Waals surface area contributed by atoms with Gasteiger partial charge in [-0.1, -0.05) is 5.16 Å². The van der Waals surface area contributed by atoms with Crippen molar-refractivity contribution >= 4 is 0 Å². The number of nitrogens with one attached hydrogen (secondary N) is 1. The molecule has 102 valence electrons. The number of hydrogen-bond donors (Lipinski definition) is 1. The topological polar surface area (TPSA) is 54.2 Å². The highest BCUT2D eigenvalue weighted by Gasteiger charge is 2.14. The zero-order chi connectivity index (χ0) is 12.8. The Bertz CT molecular complexity index is 345. The molecule has 1 saturated heterocycles. The van der Waals surface area contributed by atoms with E-state index in [1.807, 2.05) is 0 Å². The molecular formula is C13H24N4O. The Balaban J connectivity index is 1.72. The lowest BCUT2D eigenvalue weighted by Gasteiger charge is -2.21. The Morgan fingerprint density at radius 2 is 2.06 bits per heavy atom. The fraction of sp³-hybridized carbons (Fsp3) is 0.846. The fourth-order valence-corrected chi connectivity index (χ4v) is 2.31. The van der Waals surface area contributed by atoms with Crippen LogP contribution in [0.25, 0.3) is 0 Å². The third-order valence-corrected chi connectivity index (χ3v) is 3.52. The highest BCUT2D eigenvalue weighted by Crippen LogP contribution is 2.18. The molecule has 0 amide bonds. The van der Waals surface area contributed by atoms with E-state index in [0.29, 0.717) is 0 Å². The largest absolute Gasteiger partial charge is 0.339 e. The van der Waals surface area contributed by atoms with Crippen LogP contribution in [0.1, 0.15) is 31.0 Å². The molecular weight excluding hydrogens is 228 g/mol. The van der Waals surface area contributed by atoms with Crippen LogP contribution in [0.15, 0.2) is 4.52 Å². The molecule has 0 aromatic carbocycles. The van der Waals surface area contributed by atoms with E-state index in [-0.39, 0.29) is 0 Å². The Morgan fingerprint density at radius 1 is 1.28 bits per heavy atom. The lowest BCUT2D eigenvalue weighted by Crippen LogP contribution is -2.27. The first-order valence-corrected chi connectivity index (χ1v) is 6.91. The van der Waals surface area contributed by atoms with E-state index in [1.165, 1.54) is 19.3 Å². The van der Waals surface area contributed by atoms with E-state index in [4.69, 9.17) is 4.52 Å². The summed E-state index contributed by atoms with van der Waals surface area (Å²) in [6, 6.07) is 0. The number of rotatable bonds is 6. The van der Waals surface area contributed by atoms with E-state index >= 15 is 0 Å². The van der Waals surface area contributed by atoms with Gasteiger partial charge in [0.2, 0.25) is 5.89 Å². The van der Waals surface area contributed by atoms with Gasteiger partial charge in [0.25, 0.3) is 0 Å². The van der Waals surface area contributed by atoms with E-state index < -0.39 is 0 Å². The summed E-state index contributed by atoms with van der Waals surface area (Å²) in [5.41, 5.74) is 0. The van der Waals surface area contributed by atoms with Crippen LogP contribution in [0.5, 0.6) is 0 Å². The number of piperidine rings is 1. The predicted molar refractivity (Wildman–Crippen MR) is 70.5 cm³/mol. The Morgan fingerprint density at radius 3 is 2.78 bits per heavy atom. The smallest absolute Gasteiger partial charge is 0.226 e. The van der Waals surface area contributed by atoms with Crippen molar-refractivity contribution in [2.45, 2.75) is 32.1 Å². The van der Waals surface area contributed by atoms with Crippen LogP contribution in [0, 0.1) is 5.92 Å². The van der Waals surface area contributed by atoms with Crippen molar-refractivity contribution in [3.05, 3.63) is 11.7 Å². The number of hydrogen-bond acceptors (Lipinski definition) is 5. The van der Waals surface area contributed by atoms with Gasteiger partial charge in [-0.25, -0.2) is 0 Å². The minimum atomic E-state index is 0.808. The molecule has 1 aromatic rings. The normalized spacial score (nSPS) is 17.5. The van der Waals surface area contributed by atoms with Crippen molar-refractivity contribution in [3.8, 4) is 0 Å². The molecule has 0 aliphatic carbocycles. The maximum atomic E-state index is 5.29. The lowest BCUT2D eigenvalue weighted by atomic mass is 9.93. The van der Waals surface area contributed by atoms with Gasteiger partial charge < -0.3 is 14.7 Å². The first kappa shape index (κ1) is 13.5. The highest BCUT2D eigenvalue weighted by atomic mass is 16.5. The summed E-state index contributed by atoms with van der Waals surface area (Å²) in [6.45, 7) is 3.28. The van der Waals surface area contributed by atoms with Gasteiger partial charge in [0.05, 0.1) is 0 Å². The van der Waals surface area contributed by atoms with Gasteiger partial charge in [-0.05, 0) is 52.4 Å². The van der Waals surface area contributed by atoms with Crippen molar-refractivity contribution in [1.82, 2.24) is 20.4 Å². The molecule has 0 spiro atoms. The van der Waals surface area contributed by atoms with Crippen molar-refractivity contribution < 1.29 is 4.52 Å². The average molecular weight is 252 g/mol. The second kappa shape index (κ2) is 6.85. The second-order valence-electron chi connectivity index (χ2n) is 5.39. The second-order valence-corrected chi connectivity index (χ2v) is 5.39. The zero-order valence-electron chi connectivity index (χ0n) is 11.5.